The van der Waals surface area contributed by atoms with Gasteiger partial charge in [0.1, 0.15) is 0 Å². The minimum Gasteiger partial charge on any atom is -0.377 e. The molecular weight excluding hydrogens is 290 g/mol. The number of carbonyl (C=O) groups excluding carboxylic acids is 1. The minimum absolute atomic E-state index is 0.159. The maximum atomic E-state index is 12.8. The van der Waals surface area contributed by atoms with Gasteiger partial charge < -0.3 is 9.64 Å². The van der Waals surface area contributed by atoms with Crippen molar-refractivity contribution in [1.29, 1.82) is 0 Å². The summed E-state index contributed by atoms with van der Waals surface area (Å²) in [5, 5.41) is 4.55. The van der Waals surface area contributed by atoms with E-state index in [0.717, 1.165) is 45.2 Å². The maximum Gasteiger partial charge on any atom is 0.231 e. The average molecular weight is 317 g/mol. The predicted molar refractivity (Wildman–Crippen MR) is 87.0 cm³/mol. The maximum absolute atomic E-state index is 12.8. The first-order valence-corrected chi connectivity index (χ1v) is 9.00. The van der Waals surface area contributed by atoms with Crippen LogP contribution in [0.25, 0.3) is 0 Å². The topological polar surface area (TPSA) is 47.4 Å². The van der Waals surface area contributed by atoms with Crippen molar-refractivity contribution >= 4 is 5.91 Å². The zero-order valence-electron chi connectivity index (χ0n) is 14.2. The highest BCUT2D eigenvalue weighted by Gasteiger charge is 2.58. The van der Waals surface area contributed by atoms with Crippen LogP contribution in [0.1, 0.15) is 51.1 Å². The summed E-state index contributed by atoms with van der Waals surface area (Å²) in [6.45, 7) is 6.83. The van der Waals surface area contributed by atoms with E-state index in [-0.39, 0.29) is 5.41 Å². The van der Waals surface area contributed by atoms with Crippen LogP contribution in [0.5, 0.6) is 0 Å². The number of fused-ring (bicyclic) bond motifs is 1. The monoisotopic (exact) mass is 317 g/mol. The molecule has 0 atom stereocenters. The number of carbonyl (C=O) groups is 1. The highest BCUT2D eigenvalue weighted by atomic mass is 16.5. The smallest absolute Gasteiger partial charge is 0.231 e. The van der Waals surface area contributed by atoms with E-state index in [1.807, 2.05) is 6.20 Å². The standard InChI is InChI=1S/C18H27N3O2/c1-13(2)7-14-10-19-21(11-14)15-3-5-20(6-4-15)17(22)18-8-16(9-18)23-12-18/h10-11,13,15-16H,3-9,12H2,1-2H3. The molecule has 0 aromatic carbocycles. The van der Waals surface area contributed by atoms with Crippen LogP contribution in [-0.4, -0.2) is 46.4 Å². The molecule has 2 bridgehead atoms. The highest BCUT2D eigenvalue weighted by Crippen LogP contribution is 2.51. The second-order valence-corrected chi connectivity index (χ2v) is 8.07. The molecule has 5 rings (SSSR count). The number of hydrogen-bond donors (Lipinski definition) is 0. The first-order valence-electron chi connectivity index (χ1n) is 9.00. The number of piperidine rings is 1. The Morgan fingerprint density at radius 2 is 2.13 bits per heavy atom. The first kappa shape index (κ1) is 15.2. The Hall–Kier alpha value is -1.36. The lowest BCUT2D eigenvalue weighted by molar-refractivity contribution is -0.145. The van der Waals surface area contributed by atoms with Gasteiger partial charge in [0, 0.05) is 19.3 Å². The van der Waals surface area contributed by atoms with Crippen LogP contribution in [0.3, 0.4) is 0 Å². The molecule has 3 aliphatic heterocycles. The number of ether oxygens (including phenoxy) is 1. The van der Waals surface area contributed by atoms with Crippen molar-refractivity contribution in [3.05, 3.63) is 18.0 Å². The molecule has 1 saturated carbocycles. The van der Waals surface area contributed by atoms with E-state index in [0.29, 0.717) is 30.6 Å². The normalized spacial score (nSPS) is 30.7. The van der Waals surface area contributed by atoms with Crippen molar-refractivity contribution < 1.29 is 9.53 Å². The van der Waals surface area contributed by atoms with E-state index in [1.165, 1.54) is 5.56 Å². The van der Waals surface area contributed by atoms with Crippen LogP contribution in [0.2, 0.25) is 0 Å². The number of rotatable bonds is 4. The molecule has 1 aromatic heterocycles. The first-order chi connectivity index (χ1) is 11.1. The Balaban J connectivity index is 1.34. The summed E-state index contributed by atoms with van der Waals surface area (Å²) < 4.78 is 7.73. The van der Waals surface area contributed by atoms with Gasteiger partial charge in [-0.25, -0.2) is 0 Å². The van der Waals surface area contributed by atoms with Crippen LogP contribution in [0.4, 0.5) is 0 Å². The Labute approximate surface area is 138 Å². The molecule has 1 aromatic rings. The van der Waals surface area contributed by atoms with Crippen molar-refractivity contribution in [3.8, 4) is 0 Å². The molecular formula is C18H27N3O2. The van der Waals surface area contributed by atoms with Gasteiger partial charge in [-0.3, -0.25) is 9.48 Å². The van der Waals surface area contributed by atoms with Gasteiger partial charge in [-0.2, -0.15) is 5.10 Å². The third-order valence-electron chi connectivity index (χ3n) is 5.71. The van der Waals surface area contributed by atoms with Gasteiger partial charge in [0.05, 0.1) is 30.4 Å². The molecule has 0 N–H and O–H groups in total. The van der Waals surface area contributed by atoms with Crippen LogP contribution >= 0.6 is 0 Å². The predicted octanol–water partition coefficient (Wildman–Crippen LogP) is 2.42. The lowest BCUT2D eigenvalue weighted by Gasteiger charge is -2.41. The Morgan fingerprint density at radius 3 is 2.74 bits per heavy atom. The van der Waals surface area contributed by atoms with Gasteiger partial charge in [0.15, 0.2) is 0 Å². The fraction of sp³-hybridized carbons (Fsp3) is 0.778. The summed E-state index contributed by atoms with van der Waals surface area (Å²) in [6.07, 6.45) is 9.56. The Kier molecular flexibility index (Phi) is 3.71. The quantitative estimate of drug-likeness (QED) is 0.857. The molecule has 3 saturated heterocycles. The third-order valence-corrected chi connectivity index (χ3v) is 5.71. The Morgan fingerprint density at radius 1 is 1.39 bits per heavy atom. The molecule has 0 radical (unpaired) electrons. The van der Waals surface area contributed by atoms with Gasteiger partial charge in [-0.15, -0.1) is 0 Å². The Bertz CT molecular complexity index is 575. The number of likely N-dealkylation sites (tertiary alicyclic amines) is 1. The van der Waals surface area contributed by atoms with Crippen LogP contribution in [0.15, 0.2) is 12.4 Å². The summed E-state index contributed by atoms with van der Waals surface area (Å²) in [7, 11) is 0. The molecule has 5 heteroatoms. The number of amides is 1. The fourth-order valence-electron chi connectivity index (χ4n) is 4.38. The molecule has 0 spiro atoms. The molecule has 0 unspecified atom stereocenters. The second-order valence-electron chi connectivity index (χ2n) is 8.07. The summed E-state index contributed by atoms with van der Waals surface area (Å²) in [5.41, 5.74) is 1.16. The van der Waals surface area contributed by atoms with Gasteiger partial charge in [0.2, 0.25) is 5.91 Å². The fourth-order valence-corrected chi connectivity index (χ4v) is 4.38. The molecule has 126 valence electrons. The summed E-state index contributed by atoms with van der Waals surface area (Å²) >= 11 is 0. The van der Waals surface area contributed by atoms with E-state index < -0.39 is 0 Å². The summed E-state index contributed by atoms with van der Waals surface area (Å²) in [6, 6.07) is 0.437. The van der Waals surface area contributed by atoms with E-state index in [1.54, 1.807) is 0 Å². The van der Waals surface area contributed by atoms with Crippen molar-refractivity contribution in [1.82, 2.24) is 14.7 Å². The third kappa shape index (κ3) is 2.69. The van der Waals surface area contributed by atoms with E-state index in [9.17, 15) is 4.79 Å². The molecule has 1 aliphatic carbocycles. The second kappa shape index (κ2) is 5.62. The lowest BCUT2D eigenvalue weighted by atomic mass is 9.69. The van der Waals surface area contributed by atoms with Crippen LogP contribution in [-0.2, 0) is 16.0 Å². The van der Waals surface area contributed by atoms with Crippen molar-refractivity contribution in [2.75, 3.05) is 19.7 Å². The zero-order chi connectivity index (χ0) is 16.0. The zero-order valence-corrected chi connectivity index (χ0v) is 14.2. The minimum atomic E-state index is -0.159. The molecule has 4 fully saturated rings. The summed E-state index contributed by atoms with van der Waals surface area (Å²) in [5.74, 6) is 0.997. The number of nitrogens with zero attached hydrogens (tertiary/aromatic N) is 3. The number of aromatic nitrogens is 2. The van der Waals surface area contributed by atoms with Crippen molar-refractivity contribution in [3.63, 3.8) is 0 Å². The van der Waals surface area contributed by atoms with E-state index in [2.05, 4.69) is 34.7 Å². The van der Waals surface area contributed by atoms with Crippen molar-refractivity contribution in [2.45, 2.75) is 58.1 Å². The van der Waals surface area contributed by atoms with Crippen LogP contribution < -0.4 is 0 Å². The van der Waals surface area contributed by atoms with E-state index in [4.69, 9.17) is 4.74 Å². The molecule has 23 heavy (non-hydrogen) atoms. The highest BCUT2D eigenvalue weighted by molar-refractivity contribution is 5.84. The van der Waals surface area contributed by atoms with Crippen LogP contribution in [0, 0.1) is 11.3 Å². The SMILES string of the molecule is CC(C)Cc1cnn(C2CCN(C(=O)C34COC(C3)C4)CC2)c1. The van der Waals surface area contributed by atoms with Gasteiger partial charge in [-0.1, -0.05) is 13.8 Å². The summed E-state index contributed by atoms with van der Waals surface area (Å²) in [4.78, 5) is 14.8. The molecule has 4 heterocycles. The lowest BCUT2D eigenvalue weighted by Crippen LogP contribution is -2.51. The van der Waals surface area contributed by atoms with Gasteiger partial charge >= 0.3 is 0 Å². The number of hydrogen-bond acceptors (Lipinski definition) is 3. The molecule has 1 amide bonds. The molecule has 4 aliphatic rings. The largest absolute Gasteiger partial charge is 0.377 e. The van der Waals surface area contributed by atoms with Crippen molar-refractivity contribution in [2.24, 2.45) is 11.3 Å². The van der Waals surface area contributed by atoms with Gasteiger partial charge in [-0.05, 0) is 43.6 Å². The van der Waals surface area contributed by atoms with E-state index >= 15 is 0 Å². The van der Waals surface area contributed by atoms with Gasteiger partial charge in [0.25, 0.3) is 0 Å². The molecule has 5 nitrogen and oxygen atoms in total. The average Bonchev–Trinajstić information content (AvgIpc) is 3.21.